The lowest BCUT2D eigenvalue weighted by Gasteiger charge is -2.24. The fourth-order valence-corrected chi connectivity index (χ4v) is 2.68. The van der Waals surface area contributed by atoms with E-state index in [1.807, 2.05) is 4.90 Å². The highest BCUT2D eigenvalue weighted by Crippen LogP contribution is 2.15. The first-order valence-electron chi connectivity index (χ1n) is 7.00. The normalized spacial score (nSPS) is 18.1. The molecule has 0 radical (unpaired) electrons. The molecular weight excluding hydrogens is 292 g/mol. The molecule has 114 valence electrons. The van der Waals surface area contributed by atoms with E-state index in [0.29, 0.717) is 36.8 Å². The van der Waals surface area contributed by atoms with Crippen LogP contribution < -0.4 is 0 Å². The highest BCUT2D eigenvalue weighted by molar-refractivity contribution is 6.30. The van der Waals surface area contributed by atoms with Crippen LogP contribution >= 0.6 is 11.6 Å². The molecule has 0 aromatic heterocycles. The van der Waals surface area contributed by atoms with Gasteiger partial charge in [-0.1, -0.05) is 17.7 Å². The Morgan fingerprint density at radius 3 is 2.67 bits per heavy atom. The number of halogens is 1. The van der Waals surface area contributed by atoms with Gasteiger partial charge in [-0.2, -0.15) is 0 Å². The van der Waals surface area contributed by atoms with E-state index in [9.17, 15) is 9.59 Å². The first-order chi connectivity index (χ1) is 9.99. The minimum atomic E-state index is -0.829. The Morgan fingerprint density at radius 2 is 2.00 bits per heavy atom. The molecule has 0 bridgehead atoms. The molecule has 6 heteroatoms. The number of amides is 1. The van der Waals surface area contributed by atoms with E-state index < -0.39 is 12.0 Å². The number of nitrogens with zero attached hydrogens (tertiary/aromatic N) is 2. The Hall–Kier alpha value is -1.59. The predicted octanol–water partition coefficient (Wildman–Crippen LogP) is 1.96. The van der Waals surface area contributed by atoms with Crippen LogP contribution in [0.2, 0.25) is 5.02 Å². The first-order valence-corrected chi connectivity index (χ1v) is 7.38. The van der Waals surface area contributed by atoms with Crippen molar-refractivity contribution in [1.82, 2.24) is 9.80 Å². The molecule has 2 rings (SSSR count). The van der Waals surface area contributed by atoms with E-state index in [1.165, 1.54) is 0 Å². The van der Waals surface area contributed by atoms with Crippen molar-refractivity contribution in [2.75, 3.05) is 26.2 Å². The lowest BCUT2D eigenvalue weighted by Crippen LogP contribution is -2.42. The molecule has 0 aliphatic carbocycles. The van der Waals surface area contributed by atoms with Crippen molar-refractivity contribution < 1.29 is 14.7 Å². The quantitative estimate of drug-likeness (QED) is 0.927. The van der Waals surface area contributed by atoms with Crippen molar-refractivity contribution in [3.05, 3.63) is 34.9 Å². The van der Waals surface area contributed by atoms with Crippen LogP contribution in [0, 0.1) is 0 Å². The molecular formula is C15H19ClN2O3. The number of carbonyl (C=O) groups excluding carboxylic acids is 1. The molecule has 0 spiro atoms. The summed E-state index contributed by atoms with van der Waals surface area (Å²) in [7, 11) is 0. The minimum absolute atomic E-state index is 0.0534. The highest BCUT2D eigenvalue weighted by Gasteiger charge is 2.25. The van der Waals surface area contributed by atoms with E-state index in [0.717, 1.165) is 6.42 Å². The standard InChI is InChI=1S/C15H19ClN2O3/c1-11(15(20)21)17-6-3-7-18(9-8-17)14(19)12-4-2-5-13(16)10-12/h2,4-5,10-11H,3,6-9H2,1H3,(H,20,21)/t11-/m1/s1. The van der Waals surface area contributed by atoms with E-state index in [1.54, 1.807) is 36.1 Å². The molecule has 21 heavy (non-hydrogen) atoms. The summed E-state index contributed by atoms with van der Waals surface area (Å²) in [6.45, 7) is 4.10. The van der Waals surface area contributed by atoms with Gasteiger partial charge < -0.3 is 10.0 Å². The monoisotopic (exact) mass is 310 g/mol. The van der Waals surface area contributed by atoms with Crippen LogP contribution in [0.5, 0.6) is 0 Å². The molecule has 0 saturated carbocycles. The maximum Gasteiger partial charge on any atom is 0.320 e. The highest BCUT2D eigenvalue weighted by atomic mass is 35.5. The molecule has 1 fully saturated rings. The van der Waals surface area contributed by atoms with Gasteiger partial charge in [0.15, 0.2) is 0 Å². The zero-order chi connectivity index (χ0) is 15.4. The van der Waals surface area contributed by atoms with Crippen LogP contribution in [0.3, 0.4) is 0 Å². The fourth-order valence-electron chi connectivity index (χ4n) is 2.49. The van der Waals surface area contributed by atoms with E-state index in [-0.39, 0.29) is 5.91 Å². The van der Waals surface area contributed by atoms with Gasteiger partial charge in [-0.25, -0.2) is 0 Å². The third-order valence-electron chi connectivity index (χ3n) is 3.79. The summed E-state index contributed by atoms with van der Waals surface area (Å²) < 4.78 is 0. The van der Waals surface area contributed by atoms with Gasteiger partial charge in [0, 0.05) is 36.8 Å². The second-order valence-corrected chi connectivity index (χ2v) is 5.64. The van der Waals surface area contributed by atoms with Crippen molar-refractivity contribution in [3.8, 4) is 0 Å². The van der Waals surface area contributed by atoms with Gasteiger partial charge in [-0.15, -0.1) is 0 Å². The van der Waals surface area contributed by atoms with Crippen molar-refractivity contribution in [2.24, 2.45) is 0 Å². The van der Waals surface area contributed by atoms with Crippen LogP contribution in [0.15, 0.2) is 24.3 Å². The molecule has 1 heterocycles. The van der Waals surface area contributed by atoms with Gasteiger partial charge >= 0.3 is 5.97 Å². The average molecular weight is 311 g/mol. The Balaban J connectivity index is 2.03. The minimum Gasteiger partial charge on any atom is -0.480 e. The number of carboxylic acid groups (broad SMARTS) is 1. The second-order valence-electron chi connectivity index (χ2n) is 5.21. The number of aliphatic carboxylic acids is 1. The summed E-state index contributed by atoms with van der Waals surface area (Å²) in [5.41, 5.74) is 0.572. The molecule has 1 aliphatic heterocycles. The molecule has 1 atom stereocenters. The molecule has 1 aromatic carbocycles. The number of rotatable bonds is 3. The van der Waals surface area contributed by atoms with Gasteiger partial charge in [0.2, 0.25) is 0 Å². The van der Waals surface area contributed by atoms with Gasteiger partial charge in [0.1, 0.15) is 6.04 Å². The number of hydrogen-bond acceptors (Lipinski definition) is 3. The van der Waals surface area contributed by atoms with Gasteiger partial charge in [0.05, 0.1) is 0 Å². The van der Waals surface area contributed by atoms with Gasteiger partial charge in [0.25, 0.3) is 5.91 Å². The van der Waals surface area contributed by atoms with Crippen molar-refractivity contribution in [3.63, 3.8) is 0 Å². The molecule has 0 unspecified atom stereocenters. The molecule has 5 nitrogen and oxygen atoms in total. The first kappa shape index (κ1) is 15.8. The Morgan fingerprint density at radius 1 is 1.24 bits per heavy atom. The number of carbonyl (C=O) groups is 2. The summed E-state index contributed by atoms with van der Waals surface area (Å²) in [5, 5.41) is 9.61. The summed E-state index contributed by atoms with van der Waals surface area (Å²) >= 11 is 5.92. The van der Waals surface area contributed by atoms with Crippen molar-refractivity contribution in [1.29, 1.82) is 0 Å². The van der Waals surface area contributed by atoms with Crippen LogP contribution in [0.4, 0.5) is 0 Å². The molecule has 1 aliphatic rings. The number of hydrogen-bond donors (Lipinski definition) is 1. The molecule has 1 saturated heterocycles. The fraction of sp³-hybridized carbons (Fsp3) is 0.467. The SMILES string of the molecule is C[C@H](C(=O)O)N1CCCN(C(=O)c2cccc(Cl)c2)CC1. The third-order valence-corrected chi connectivity index (χ3v) is 4.03. The zero-order valence-electron chi connectivity index (χ0n) is 12.0. The van der Waals surface area contributed by atoms with Crippen LogP contribution in [0.1, 0.15) is 23.7 Å². The van der Waals surface area contributed by atoms with E-state index in [4.69, 9.17) is 16.7 Å². The summed E-state index contributed by atoms with van der Waals surface area (Å²) in [5.74, 6) is -0.882. The Labute approximate surface area is 129 Å². The van der Waals surface area contributed by atoms with Crippen LogP contribution in [-0.2, 0) is 4.79 Å². The zero-order valence-corrected chi connectivity index (χ0v) is 12.7. The van der Waals surface area contributed by atoms with E-state index >= 15 is 0 Å². The van der Waals surface area contributed by atoms with Crippen LogP contribution in [0.25, 0.3) is 0 Å². The lowest BCUT2D eigenvalue weighted by molar-refractivity contribution is -0.142. The van der Waals surface area contributed by atoms with Crippen molar-refractivity contribution in [2.45, 2.75) is 19.4 Å². The second kappa shape index (κ2) is 6.91. The Kier molecular flexibility index (Phi) is 5.20. The number of benzene rings is 1. The topological polar surface area (TPSA) is 60.9 Å². The smallest absolute Gasteiger partial charge is 0.320 e. The maximum atomic E-state index is 12.4. The van der Waals surface area contributed by atoms with Gasteiger partial charge in [-0.3, -0.25) is 14.5 Å². The van der Waals surface area contributed by atoms with E-state index in [2.05, 4.69) is 0 Å². The predicted molar refractivity (Wildman–Crippen MR) is 80.6 cm³/mol. The molecule has 1 N–H and O–H groups in total. The summed E-state index contributed by atoms with van der Waals surface area (Å²) in [6, 6.07) is 6.37. The lowest BCUT2D eigenvalue weighted by atomic mass is 10.2. The third kappa shape index (κ3) is 3.95. The van der Waals surface area contributed by atoms with Crippen molar-refractivity contribution >= 4 is 23.5 Å². The van der Waals surface area contributed by atoms with Crippen LogP contribution in [-0.4, -0.2) is 59.0 Å². The molecule has 1 amide bonds. The largest absolute Gasteiger partial charge is 0.480 e. The average Bonchev–Trinajstić information content (AvgIpc) is 2.71. The molecule has 1 aromatic rings. The van der Waals surface area contributed by atoms with Gasteiger partial charge in [-0.05, 0) is 31.5 Å². The maximum absolute atomic E-state index is 12.4. The summed E-state index contributed by atoms with van der Waals surface area (Å²) in [4.78, 5) is 27.2. The number of carboxylic acids is 1. The summed E-state index contributed by atoms with van der Waals surface area (Å²) in [6.07, 6.45) is 0.768. The Bertz CT molecular complexity index is 535.